The van der Waals surface area contributed by atoms with Gasteiger partial charge in [0.15, 0.2) is 0 Å². The van der Waals surface area contributed by atoms with E-state index in [1.165, 1.54) is 4.90 Å². The summed E-state index contributed by atoms with van der Waals surface area (Å²) in [5.41, 5.74) is 1.46. The molecule has 2 aromatic rings. The van der Waals surface area contributed by atoms with Crippen LogP contribution in [0.25, 0.3) is 10.9 Å². The molecule has 6 nitrogen and oxygen atoms in total. The Balaban J connectivity index is 1.37. The summed E-state index contributed by atoms with van der Waals surface area (Å²) in [6, 6.07) is 8.36. The third kappa shape index (κ3) is 2.47. The molecule has 0 radical (unpaired) electrons. The summed E-state index contributed by atoms with van der Waals surface area (Å²) >= 11 is 0. The average Bonchev–Trinajstić information content (AvgIpc) is 3.01. The Morgan fingerprint density at radius 1 is 1.11 bits per heavy atom. The topological polar surface area (TPSA) is 79.4 Å². The van der Waals surface area contributed by atoms with Crippen molar-refractivity contribution in [2.75, 3.05) is 5.32 Å². The number of benzene rings is 1. The second-order valence-corrected chi connectivity index (χ2v) is 7.96. The Hall–Kier alpha value is -3.02. The van der Waals surface area contributed by atoms with Crippen molar-refractivity contribution in [2.45, 2.75) is 25.8 Å². The average molecular weight is 375 g/mol. The van der Waals surface area contributed by atoms with Gasteiger partial charge in [-0.3, -0.25) is 24.3 Å². The van der Waals surface area contributed by atoms with Gasteiger partial charge in [-0.25, -0.2) is 0 Å². The van der Waals surface area contributed by atoms with E-state index in [9.17, 15) is 14.4 Å². The lowest BCUT2D eigenvalue weighted by atomic mass is 9.63. The summed E-state index contributed by atoms with van der Waals surface area (Å²) in [6.07, 6.45) is 7.77. The Bertz CT molecular complexity index is 999. The Morgan fingerprint density at radius 2 is 1.79 bits per heavy atom. The fraction of sp³-hybridized carbons (Fsp3) is 0.364. The lowest BCUT2D eigenvalue weighted by Gasteiger charge is -2.38. The molecule has 6 heteroatoms. The van der Waals surface area contributed by atoms with Crippen molar-refractivity contribution in [3.8, 4) is 0 Å². The first kappa shape index (κ1) is 17.1. The van der Waals surface area contributed by atoms with Crippen molar-refractivity contribution in [3.63, 3.8) is 0 Å². The second-order valence-electron chi connectivity index (χ2n) is 7.96. The molecule has 0 spiro atoms. The van der Waals surface area contributed by atoms with E-state index in [0.29, 0.717) is 5.69 Å². The first-order valence-corrected chi connectivity index (χ1v) is 9.75. The largest absolute Gasteiger partial charge is 0.324 e. The van der Waals surface area contributed by atoms with Gasteiger partial charge in [0.2, 0.25) is 17.7 Å². The monoisotopic (exact) mass is 375 g/mol. The van der Waals surface area contributed by atoms with Gasteiger partial charge in [-0.2, -0.15) is 0 Å². The van der Waals surface area contributed by atoms with E-state index in [4.69, 9.17) is 0 Å². The number of likely N-dealkylation sites (tertiary alicyclic amines) is 1. The fourth-order valence-electron chi connectivity index (χ4n) is 5.00. The van der Waals surface area contributed by atoms with Gasteiger partial charge in [0.1, 0.15) is 6.04 Å². The number of aromatic nitrogens is 1. The molecule has 5 atom stereocenters. The van der Waals surface area contributed by atoms with E-state index in [2.05, 4.69) is 22.5 Å². The minimum atomic E-state index is -0.838. The summed E-state index contributed by atoms with van der Waals surface area (Å²) < 4.78 is 0. The molecule has 1 aliphatic heterocycles. The maximum Gasteiger partial charge on any atom is 0.247 e. The van der Waals surface area contributed by atoms with Crippen molar-refractivity contribution in [2.24, 2.45) is 23.7 Å². The van der Waals surface area contributed by atoms with Gasteiger partial charge < -0.3 is 5.32 Å². The van der Waals surface area contributed by atoms with Gasteiger partial charge in [0.05, 0.1) is 17.4 Å². The molecule has 2 heterocycles. The number of nitrogens with one attached hydrogen (secondary N) is 1. The molecule has 2 bridgehead atoms. The molecule has 2 fully saturated rings. The number of hydrogen-bond acceptors (Lipinski definition) is 4. The molecule has 1 aromatic heterocycles. The normalized spacial score (nSPS) is 29.2. The number of carbonyl (C=O) groups is 3. The zero-order valence-electron chi connectivity index (χ0n) is 15.5. The molecule has 28 heavy (non-hydrogen) atoms. The van der Waals surface area contributed by atoms with E-state index in [0.717, 1.165) is 23.7 Å². The summed E-state index contributed by atoms with van der Waals surface area (Å²) in [7, 11) is 0. The summed E-state index contributed by atoms with van der Waals surface area (Å²) in [4.78, 5) is 44.3. The van der Waals surface area contributed by atoms with Crippen molar-refractivity contribution in [1.29, 1.82) is 0 Å². The highest BCUT2D eigenvalue weighted by molar-refractivity contribution is 6.10. The van der Waals surface area contributed by atoms with Crippen LogP contribution in [0.15, 0.2) is 48.7 Å². The predicted octanol–water partition coefficient (Wildman–Crippen LogP) is 2.76. The Labute approximate surface area is 162 Å². The quantitative estimate of drug-likeness (QED) is 0.661. The van der Waals surface area contributed by atoms with Crippen molar-refractivity contribution in [1.82, 2.24) is 9.88 Å². The van der Waals surface area contributed by atoms with Gasteiger partial charge in [0.25, 0.3) is 0 Å². The summed E-state index contributed by atoms with van der Waals surface area (Å²) in [5.74, 6) is -1.08. The highest BCUT2D eigenvalue weighted by Crippen LogP contribution is 2.49. The van der Waals surface area contributed by atoms with Gasteiger partial charge in [-0.15, -0.1) is 0 Å². The number of carbonyl (C=O) groups excluding carboxylic acids is 3. The number of fused-ring (bicyclic) bond motifs is 2. The standard InChI is InChI=1S/C22H21N3O3/c1-12(20(26)24-16-8-9-17-15(11-16)3-2-10-23-17)25-21(27)18-13-4-5-14(7-6-13)19(18)22(25)28/h2-5,8-14,18-19H,6-7H2,1H3,(H,24,26)/t12-,13+,14+,18-,19-/m1/s1. The maximum atomic E-state index is 13.0. The van der Waals surface area contributed by atoms with Crippen LogP contribution in [-0.4, -0.2) is 33.6 Å². The van der Waals surface area contributed by atoms with Crippen LogP contribution in [0.2, 0.25) is 0 Å². The Morgan fingerprint density at radius 3 is 2.43 bits per heavy atom. The predicted molar refractivity (Wildman–Crippen MR) is 104 cm³/mol. The number of pyridine rings is 1. The van der Waals surface area contributed by atoms with Crippen LogP contribution in [0.5, 0.6) is 0 Å². The van der Waals surface area contributed by atoms with Crippen LogP contribution < -0.4 is 5.32 Å². The summed E-state index contributed by atoms with van der Waals surface area (Å²) in [5, 5.41) is 3.75. The van der Waals surface area contributed by atoms with Gasteiger partial charge in [-0.05, 0) is 55.9 Å². The van der Waals surface area contributed by atoms with Gasteiger partial charge >= 0.3 is 0 Å². The molecule has 1 saturated carbocycles. The highest BCUT2D eigenvalue weighted by atomic mass is 16.2. The van der Waals surface area contributed by atoms with Crippen LogP contribution in [0, 0.1) is 23.7 Å². The van der Waals surface area contributed by atoms with E-state index in [1.807, 2.05) is 24.3 Å². The van der Waals surface area contributed by atoms with Gasteiger partial charge in [0, 0.05) is 17.3 Å². The minimum Gasteiger partial charge on any atom is -0.324 e. The van der Waals surface area contributed by atoms with Crippen LogP contribution in [0.1, 0.15) is 19.8 Å². The Kier molecular flexibility index (Phi) is 3.82. The van der Waals surface area contributed by atoms with Crippen LogP contribution >= 0.6 is 0 Å². The molecular formula is C22H21N3O3. The van der Waals surface area contributed by atoms with Gasteiger partial charge in [-0.1, -0.05) is 18.2 Å². The number of hydrogen-bond donors (Lipinski definition) is 1. The number of anilines is 1. The molecule has 0 unspecified atom stereocenters. The van der Waals surface area contributed by atoms with Crippen molar-refractivity contribution < 1.29 is 14.4 Å². The third-order valence-electron chi connectivity index (χ3n) is 6.43. The molecule has 142 valence electrons. The molecule has 6 rings (SSSR count). The summed E-state index contributed by atoms with van der Waals surface area (Å²) in [6.45, 7) is 1.63. The zero-order chi connectivity index (χ0) is 19.4. The maximum absolute atomic E-state index is 13.0. The number of allylic oxidation sites excluding steroid dienone is 2. The third-order valence-corrected chi connectivity index (χ3v) is 6.43. The molecule has 1 N–H and O–H groups in total. The van der Waals surface area contributed by atoms with Crippen molar-refractivity contribution >= 4 is 34.3 Å². The highest BCUT2D eigenvalue weighted by Gasteiger charge is 2.58. The van der Waals surface area contributed by atoms with Crippen LogP contribution in [0.4, 0.5) is 5.69 Å². The first-order chi connectivity index (χ1) is 13.5. The zero-order valence-corrected chi connectivity index (χ0v) is 15.5. The van der Waals surface area contributed by atoms with E-state index in [-0.39, 0.29) is 41.4 Å². The number of amides is 3. The molecule has 1 saturated heterocycles. The van der Waals surface area contributed by atoms with E-state index >= 15 is 0 Å². The number of imide groups is 1. The molecular weight excluding hydrogens is 354 g/mol. The van der Waals surface area contributed by atoms with Crippen LogP contribution in [-0.2, 0) is 14.4 Å². The van der Waals surface area contributed by atoms with E-state index < -0.39 is 6.04 Å². The number of nitrogens with zero attached hydrogens (tertiary/aromatic N) is 2. The van der Waals surface area contributed by atoms with E-state index in [1.54, 1.807) is 19.2 Å². The number of rotatable bonds is 3. The molecule has 3 amide bonds. The lowest BCUT2D eigenvalue weighted by molar-refractivity contribution is -0.146. The minimum absolute atomic E-state index is 0.125. The molecule has 3 aliphatic carbocycles. The van der Waals surface area contributed by atoms with Crippen molar-refractivity contribution in [3.05, 3.63) is 48.7 Å². The second kappa shape index (κ2) is 6.26. The lowest BCUT2D eigenvalue weighted by Crippen LogP contribution is -2.46. The first-order valence-electron chi connectivity index (χ1n) is 9.75. The smallest absolute Gasteiger partial charge is 0.247 e. The molecule has 4 aliphatic rings. The SMILES string of the molecule is C[C@H](C(=O)Nc1ccc2ncccc2c1)N1C(=O)[C@H]2[C@H](C1=O)[C@H]1C=C[C@H]2CC1. The molecule has 1 aromatic carbocycles. The van der Waals surface area contributed by atoms with Crippen LogP contribution in [0.3, 0.4) is 0 Å². The fourth-order valence-corrected chi connectivity index (χ4v) is 5.00.